The second-order valence-corrected chi connectivity index (χ2v) is 21.4. The molecule has 0 amide bonds. The molecule has 1 nitrogen and oxygen atoms in total. The number of hydrogen-bond acceptors (Lipinski definition) is 1. The molecule has 3 aliphatic carbocycles. The van der Waals surface area contributed by atoms with Crippen molar-refractivity contribution in [3.05, 3.63) is 208 Å². The van der Waals surface area contributed by atoms with Gasteiger partial charge < -0.3 is 4.90 Å². The van der Waals surface area contributed by atoms with Crippen LogP contribution in [0.3, 0.4) is 0 Å². The third-order valence-electron chi connectivity index (χ3n) is 15.3. The first kappa shape index (κ1) is 42.3. The minimum atomic E-state index is -0.515. The van der Waals surface area contributed by atoms with Crippen LogP contribution in [-0.4, -0.2) is 0 Å². The first-order valence-corrected chi connectivity index (χ1v) is 24.6. The van der Waals surface area contributed by atoms with Crippen LogP contribution >= 0.6 is 0 Å². The fraction of sp³-hybridized carbons (Fsp3) is 0.333. The molecule has 1 heteroatoms. The Morgan fingerprint density at radius 3 is 1.28 bits per heavy atom. The Balaban J connectivity index is 1.12. The fourth-order valence-electron chi connectivity index (χ4n) is 11.6. The zero-order valence-corrected chi connectivity index (χ0v) is 39.3. The highest BCUT2D eigenvalue weighted by Crippen LogP contribution is 2.57. The summed E-state index contributed by atoms with van der Waals surface area (Å²) in [6.07, 6.45) is 13.4. The maximum Gasteiger partial charge on any atom is 0.0714 e. The van der Waals surface area contributed by atoms with Crippen LogP contribution in [0.25, 0.3) is 22.3 Å². The molecule has 0 atom stereocenters. The molecular weight excluding hydrogens is 771 g/mol. The van der Waals surface area contributed by atoms with Crippen molar-refractivity contribution in [3.63, 3.8) is 0 Å². The van der Waals surface area contributed by atoms with E-state index in [2.05, 4.69) is 210 Å². The van der Waals surface area contributed by atoms with Gasteiger partial charge in [-0.15, -0.1) is 0 Å². The van der Waals surface area contributed by atoms with E-state index >= 15 is 0 Å². The molecule has 0 spiro atoms. The predicted octanol–water partition coefficient (Wildman–Crippen LogP) is 17.9. The van der Waals surface area contributed by atoms with Gasteiger partial charge in [0.25, 0.3) is 0 Å². The van der Waals surface area contributed by atoms with Crippen LogP contribution in [0.5, 0.6) is 0 Å². The molecule has 0 saturated heterocycles. The lowest BCUT2D eigenvalue weighted by Gasteiger charge is -2.36. The lowest BCUT2D eigenvalue weighted by molar-refractivity contribution is 0.443. The summed E-state index contributed by atoms with van der Waals surface area (Å²) in [5.74, 6) is 1.38. The second kappa shape index (κ2) is 17.0. The molecule has 7 aromatic carbocycles. The van der Waals surface area contributed by atoms with Gasteiger partial charge in [-0.2, -0.15) is 0 Å². The smallest absolute Gasteiger partial charge is 0.0714 e. The van der Waals surface area contributed by atoms with E-state index in [1.165, 1.54) is 142 Å². The molecule has 0 heterocycles. The summed E-state index contributed by atoms with van der Waals surface area (Å²) in [4.78, 5) is 2.50. The molecule has 0 unspecified atom stereocenters. The van der Waals surface area contributed by atoms with Gasteiger partial charge in [-0.05, 0) is 152 Å². The summed E-state index contributed by atoms with van der Waals surface area (Å²) in [5, 5.41) is 0. The number of anilines is 3. The van der Waals surface area contributed by atoms with Gasteiger partial charge in [0.15, 0.2) is 0 Å². The maximum atomic E-state index is 2.53. The number of nitrogens with zero attached hydrogens (tertiary/aromatic N) is 1. The Morgan fingerprint density at radius 2 is 0.797 bits per heavy atom. The Labute approximate surface area is 384 Å². The zero-order valence-electron chi connectivity index (χ0n) is 39.3. The number of benzene rings is 7. The van der Waals surface area contributed by atoms with Crippen LogP contribution in [0.2, 0.25) is 0 Å². The summed E-state index contributed by atoms with van der Waals surface area (Å²) in [5.41, 5.74) is 19.2. The molecule has 0 N–H and O–H groups in total. The molecule has 324 valence electrons. The summed E-state index contributed by atoms with van der Waals surface area (Å²) >= 11 is 0. The third-order valence-corrected chi connectivity index (χ3v) is 15.3. The minimum absolute atomic E-state index is 0.0552. The Hall–Kier alpha value is -5.66. The highest BCUT2D eigenvalue weighted by Gasteiger charge is 2.46. The van der Waals surface area contributed by atoms with Gasteiger partial charge in [0.1, 0.15) is 0 Å². The van der Waals surface area contributed by atoms with Crippen LogP contribution in [0.15, 0.2) is 164 Å². The van der Waals surface area contributed by atoms with Crippen molar-refractivity contribution in [2.45, 2.75) is 134 Å². The first-order valence-electron chi connectivity index (χ1n) is 24.6. The topological polar surface area (TPSA) is 3.24 Å². The van der Waals surface area contributed by atoms with Gasteiger partial charge in [0.05, 0.1) is 5.41 Å². The van der Waals surface area contributed by atoms with E-state index in [0.29, 0.717) is 11.8 Å². The predicted molar refractivity (Wildman–Crippen MR) is 273 cm³/mol. The quantitative estimate of drug-likeness (QED) is 0.147. The number of hydrogen-bond donors (Lipinski definition) is 0. The molecule has 10 rings (SSSR count). The highest BCUT2D eigenvalue weighted by atomic mass is 15.1. The number of fused-ring (bicyclic) bond motifs is 3. The minimum Gasteiger partial charge on any atom is -0.310 e. The highest BCUT2D eigenvalue weighted by molar-refractivity contribution is 5.89. The molecule has 2 saturated carbocycles. The van der Waals surface area contributed by atoms with Crippen LogP contribution in [0.1, 0.15) is 162 Å². The molecule has 3 aliphatic rings. The van der Waals surface area contributed by atoms with Gasteiger partial charge in [-0.3, -0.25) is 0 Å². The van der Waals surface area contributed by atoms with Crippen LogP contribution < -0.4 is 4.90 Å². The molecule has 0 aliphatic heterocycles. The van der Waals surface area contributed by atoms with E-state index in [1.807, 2.05) is 0 Å². The summed E-state index contributed by atoms with van der Waals surface area (Å²) in [6, 6.07) is 64.0. The lowest BCUT2D eigenvalue weighted by atomic mass is 9.67. The average Bonchev–Trinajstić information content (AvgIpc) is 3.62. The van der Waals surface area contributed by atoms with Crippen molar-refractivity contribution in [2.24, 2.45) is 0 Å². The third kappa shape index (κ3) is 7.84. The van der Waals surface area contributed by atoms with Gasteiger partial charge in [0.2, 0.25) is 0 Å². The van der Waals surface area contributed by atoms with E-state index < -0.39 is 5.41 Å². The SMILES string of the molecule is CC(C)(C)c1ccc(C2(c3ccc(C(C)(C)C)cc3)c3ccccc3-c3ccc(N(c4ccc(-c5ccc(C6CCCCC6)cc5)cc4)c4ccc(C5CCCCC5)cc4)cc32)cc1. The summed E-state index contributed by atoms with van der Waals surface area (Å²) in [6.45, 7) is 13.9. The molecule has 7 aromatic rings. The Bertz CT molecular complexity index is 2630. The molecular formula is C63H67N. The van der Waals surface area contributed by atoms with Crippen molar-refractivity contribution in [3.8, 4) is 22.3 Å². The molecule has 0 radical (unpaired) electrons. The second-order valence-electron chi connectivity index (χ2n) is 21.4. The fourth-order valence-corrected chi connectivity index (χ4v) is 11.6. The van der Waals surface area contributed by atoms with E-state index in [1.54, 1.807) is 0 Å². The van der Waals surface area contributed by atoms with E-state index in [0.717, 1.165) is 5.69 Å². The largest absolute Gasteiger partial charge is 0.310 e. The monoisotopic (exact) mass is 838 g/mol. The molecule has 64 heavy (non-hydrogen) atoms. The first-order chi connectivity index (χ1) is 31.0. The van der Waals surface area contributed by atoms with Crippen molar-refractivity contribution in [1.29, 1.82) is 0 Å². The van der Waals surface area contributed by atoms with Gasteiger partial charge >= 0.3 is 0 Å². The van der Waals surface area contributed by atoms with Crippen molar-refractivity contribution >= 4 is 17.1 Å². The Morgan fingerprint density at radius 1 is 0.391 bits per heavy atom. The molecule has 0 bridgehead atoms. The normalized spacial score (nSPS) is 16.6. The van der Waals surface area contributed by atoms with Crippen LogP contribution in [0.4, 0.5) is 17.1 Å². The van der Waals surface area contributed by atoms with Crippen molar-refractivity contribution in [2.75, 3.05) is 4.90 Å². The average molecular weight is 838 g/mol. The van der Waals surface area contributed by atoms with Crippen molar-refractivity contribution < 1.29 is 0 Å². The van der Waals surface area contributed by atoms with Gasteiger partial charge in [-0.1, -0.05) is 207 Å². The lowest BCUT2D eigenvalue weighted by Crippen LogP contribution is -2.29. The standard InChI is InChI=1S/C63H67N/c1-61(2,3)50-29-33-52(34-30-50)63(53-35-31-51(32-36-53)62(4,5)6)59-20-14-13-19-57(59)58-42-41-56(43-60(58)63)64(54-37-25-48(26-38-54)45-17-11-8-12-18-45)55-39-27-49(28-40-55)47-23-21-46(22-24-47)44-15-9-7-10-16-44/h13-14,19-45H,7-12,15-18H2,1-6H3. The summed E-state index contributed by atoms with van der Waals surface area (Å²) < 4.78 is 0. The Kier molecular flexibility index (Phi) is 11.3. The van der Waals surface area contributed by atoms with E-state index in [9.17, 15) is 0 Å². The van der Waals surface area contributed by atoms with Crippen LogP contribution in [0, 0.1) is 0 Å². The van der Waals surface area contributed by atoms with E-state index in [-0.39, 0.29) is 10.8 Å². The summed E-state index contributed by atoms with van der Waals surface area (Å²) in [7, 11) is 0. The van der Waals surface area contributed by atoms with E-state index in [4.69, 9.17) is 0 Å². The molecule has 2 fully saturated rings. The van der Waals surface area contributed by atoms with Gasteiger partial charge in [0, 0.05) is 17.1 Å². The van der Waals surface area contributed by atoms with Crippen molar-refractivity contribution in [1.82, 2.24) is 0 Å². The van der Waals surface area contributed by atoms with Gasteiger partial charge in [-0.25, -0.2) is 0 Å². The van der Waals surface area contributed by atoms with Crippen LogP contribution in [-0.2, 0) is 16.2 Å². The number of rotatable bonds is 8. The maximum absolute atomic E-state index is 2.53. The molecule has 0 aromatic heterocycles. The zero-order chi connectivity index (χ0) is 44.1.